The van der Waals surface area contributed by atoms with Crippen molar-refractivity contribution in [3.8, 4) is 0 Å². The van der Waals surface area contributed by atoms with Gasteiger partial charge in [-0.1, -0.05) is 32.6 Å². The van der Waals surface area contributed by atoms with Crippen LogP contribution >= 0.6 is 0 Å². The van der Waals surface area contributed by atoms with Crippen molar-refractivity contribution in [2.45, 2.75) is 58.4 Å². The van der Waals surface area contributed by atoms with Crippen LogP contribution in [0.2, 0.25) is 0 Å². The van der Waals surface area contributed by atoms with E-state index in [1.165, 1.54) is 19.3 Å². The van der Waals surface area contributed by atoms with Gasteiger partial charge in [0.2, 0.25) is 0 Å². The van der Waals surface area contributed by atoms with Gasteiger partial charge >= 0.3 is 12.0 Å². The SMILES string of the molecule is CCCCCCC(C)NC(=O)NCCC(=O)O. The Labute approximate surface area is 103 Å². The minimum absolute atomic E-state index is 0.0434. The van der Waals surface area contributed by atoms with Gasteiger partial charge in [-0.2, -0.15) is 0 Å². The van der Waals surface area contributed by atoms with Crippen molar-refractivity contribution in [2.24, 2.45) is 0 Å². The van der Waals surface area contributed by atoms with Gasteiger partial charge in [-0.25, -0.2) is 4.79 Å². The van der Waals surface area contributed by atoms with E-state index in [0.29, 0.717) is 0 Å². The Bertz CT molecular complexity index is 232. The van der Waals surface area contributed by atoms with E-state index >= 15 is 0 Å². The van der Waals surface area contributed by atoms with E-state index in [2.05, 4.69) is 17.6 Å². The number of urea groups is 1. The summed E-state index contributed by atoms with van der Waals surface area (Å²) in [5, 5.41) is 13.7. The van der Waals surface area contributed by atoms with Crippen LogP contribution in [-0.4, -0.2) is 29.7 Å². The molecular formula is C12H24N2O3. The number of nitrogens with one attached hydrogen (secondary N) is 2. The molecule has 0 fully saturated rings. The summed E-state index contributed by atoms with van der Waals surface area (Å²) < 4.78 is 0. The quantitative estimate of drug-likeness (QED) is 0.544. The molecule has 0 heterocycles. The fraction of sp³-hybridized carbons (Fsp3) is 0.833. The summed E-state index contributed by atoms with van der Waals surface area (Å²) in [6.45, 7) is 4.30. The monoisotopic (exact) mass is 244 g/mol. The third-order valence-electron chi connectivity index (χ3n) is 2.49. The molecule has 1 atom stereocenters. The van der Waals surface area contributed by atoms with Crippen LogP contribution in [0.5, 0.6) is 0 Å². The summed E-state index contributed by atoms with van der Waals surface area (Å²) in [5.74, 6) is -0.905. The molecule has 17 heavy (non-hydrogen) atoms. The highest BCUT2D eigenvalue weighted by Gasteiger charge is 2.06. The number of rotatable bonds is 9. The molecule has 0 aliphatic heterocycles. The van der Waals surface area contributed by atoms with Crippen molar-refractivity contribution in [3.05, 3.63) is 0 Å². The average molecular weight is 244 g/mol. The molecule has 0 aromatic rings. The molecule has 100 valence electrons. The number of carboxylic acids is 1. The predicted octanol–water partition coefficient (Wildman–Crippen LogP) is 2.12. The van der Waals surface area contributed by atoms with Gasteiger partial charge in [-0.15, -0.1) is 0 Å². The van der Waals surface area contributed by atoms with Gasteiger partial charge in [0.15, 0.2) is 0 Å². The highest BCUT2D eigenvalue weighted by molar-refractivity contribution is 5.75. The lowest BCUT2D eigenvalue weighted by molar-refractivity contribution is -0.136. The smallest absolute Gasteiger partial charge is 0.315 e. The van der Waals surface area contributed by atoms with E-state index < -0.39 is 5.97 Å². The lowest BCUT2D eigenvalue weighted by Crippen LogP contribution is -2.41. The molecular weight excluding hydrogens is 220 g/mol. The Morgan fingerprint density at radius 1 is 1.24 bits per heavy atom. The number of unbranched alkanes of at least 4 members (excludes halogenated alkanes) is 3. The Morgan fingerprint density at radius 2 is 1.94 bits per heavy atom. The molecule has 3 N–H and O–H groups in total. The second kappa shape index (κ2) is 9.93. The molecule has 5 nitrogen and oxygen atoms in total. The van der Waals surface area contributed by atoms with Crippen molar-refractivity contribution >= 4 is 12.0 Å². The first-order valence-electron chi connectivity index (χ1n) is 6.32. The van der Waals surface area contributed by atoms with Crippen molar-refractivity contribution in [1.29, 1.82) is 0 Å². The maximum atomic E-state index is 11.3. The van der Waals surface area contributed by atoms with Gasteiger partial charge < -0.3 is 15.7 Å². The predicted molar refractivity (Wildman–Crippen MR) is 67.0 cm³/mol. The van der Waals surface area contributed by atoms with E-state index in [1.807, 2.05) is 6.92 Å². The molecule has 2 amide bonds. The van der Waals surface area contributed by atoms with Gasteiger partial charge in [0.05, 0.1) is 6.42 Å². The number of carbonyl (C=O) groups excluding carboxylic acids is 1. The van der Waals surface area contributed by atoms with Gasteiger partial charge in [0.1, 0.15) is 0 Å². The van der Waals surface area contributed by atoms with E-state index in [1.54, 1.807) is 0 Å². The van der Waals surface area contributed by atoms with E-state index in [9.17, 15) is 9.59 Å². The van der Waals surface area contributed by atoms with Crippen molar-refractivity contribution < 1.29 is 14.7 Å². The number of carbonyl (C=O) groups is 2. The zero-order valence-electron chi connectivity index (χ0n) is 10.8. The van der Waals surface area contributed by atoms with E-state index in [0.717, 1.165) is 12.8 Å². The fourth-order valence-corrected chi connectivity index (χ4v) is 1.51. The molecule has 0 spiro atoms. The van der Waals surface area contributed by atoms with Gasteiger partial charge in [0.25, 0.3) is 0 Å². The minimum atomic E-state index is -0.905. The molecule has 0 aliphatic rings. The Balaban J connectivity index is 3.48. The standard InChI is InChI=1S/C12H24N2O3/c1-3-4-5-6-7-10(2)14-12(17)13-9-8-11(15)16/h10H,3-9H2,1-2H3,(H,15,16)(H2,13,14,17). The zero-order valence-corrected chi connectivity index (χ0v) is 10.8. The number of hydrogen-bond donors (Lipinski definition) is 3. The normalized spacial score (nSPS) is 11.9. The third-order valence-corrected chi connectivity index (χ3v) is 2.49. The maximum Gasteiger partial charge on any atom is 0.315 e. The first kappa shape index (κ1) is 15.7. The molecule has 5 heteroatoms. The summed E-state index contributed by atoms with van der Waals surface area (Å²) in [4.78, 5) is 21.5. The van der Waals surface area contributed by atoms with E-state index in [-0.39, 0.29) is 25.0 Å². The van der Waals surface area contributed by atoms with Crippen LogP contribution in [0.25, 0.3) is 0 Å². The Morgan fingerprint density at radius 3 is 2.53 bits per heavy atom. The van der Waals surface area contributed by atoms with Gasteiger partial charge in [-0.05, 0) is 13.3 Å². The van der Waals surface area contributed by atoms with Crippen molar-refractivity contribution in [1.82, 2.24) is 10.6 Å². The summed E-state index contributed by atoms with van der Waals surface area (Å²) in [6.07, 6.45) is 5.67. The molecule has 1 unspecified atom stereocenters. The Hall–Kier alpha value is -1.26. The molecule has 0 aromatic heterocycles. The summed E-state index contributed by atoms with van der Waals surface area (Å²) in [6, 6.07) is -0.147. The summed E-state index contributed by atoms with van der Waals surface area (Å²) >= 11 is 0. The maximum absolute atomic E-state index is 11.3. The fourth-order valence-electron chi connectivity index (χ4n) is 1.51. The third kappa shape index (κ3) is 11.0. The summed E-state index contributed by atoms with van der Waals surface area (Å²) in [5.41, 5.74) is 0. The molecule has 0 aliphatic carbocycles. The highest BCUT2D eigenvalue weighted by atomic mass is 16.4. The van der Waals surface area contributed by atoms with Crippen LogP contribution in [0.3, 0.4) is 0 Å². The largest absolute Gasteiger partial charge is 0.481 e. The minimum Gasteiger partial charge on any atom is -0.481 e. The van der Waals surface area contributed by atoms with Crippen molar-refractivity contribution in [3.63, 3.8) is 0 Å². The number of aliphatic carboxylic acids is 1. The van der Waals surface area contributed by atoms with Crippen LogP contribution < -0.4 is 10.6 Å². The number of amides is 2. The van der Waals surface area contributed by atoms with Crippen LogP contribution in [0.4, 0.5) is 4.79 Å². The summed E-state index contributed by atoms with van der Waals surface area (Å²) in [7, 11) is 0. The molecule has 0 aromatic carbocycles. The first-order valence-corrected chi connectivity index (χ1v) is 6.32. The molecule has 0 bridgehead atoms. The van der Waals surface area contributed by atoms with Gasteiger partial charge in [0, 0.05) is 12.6 Å². The van der Waals surface area contributed by atoms with Crippen LogP contribution in [0, 0.1) is 0 Å². The van der Waals surface area contributed by atoms with Gasteiger partial charge in [-0.3, -0.25) is 4.79 Å². The van der Waals surface area contributed by atoms with Crippen LogP contribution in [-0.2, 0) is 4.79 Å². The lowest BCUT2D eigenvalue weighted by Gasteiger charge is -2.14. The molecule has 0 saturated carbocycles. The molecule has 0 rings (SSSR count). The molecule has 0 saturated heterocycles. The first-order chi connectivity index (χ1) is 8.06. The van der Waals surface area contributed by atoms with Crippen LogP contribution in [0.15, 0.2) is 0 Å². The number of carboxylic acid groups (broad SMARTS) is 1. The van der Waals surface area contributed by atoms with Crippen LogP contribution in [0.1, 0.15) is 52.4 Å². The second-order valence-corrected chi connectivity index (χ2v) is 4.29. The van der Waals surface area contributed by atoms with E-state index in [4.69, 9.17) is 5.11 Å². The molecule has 0 radical (unpaired) electrons. The average Bonchev–Trinajstić information content (AvgIpc) is 2.23. The van der Waals surface area contributed by atoms with Crippen molar-refractivity contribution in [2.75, 3.05) is 6.54 Å². The second-order valence-electron chi connectivity index (χ2n) is 4.29. The highest BCUT2D eigenvalue weighted by Crippen LogP contribution is 2.04. The topological polar surface area (TPSA) is 78.4 Å². The lowest BCUT2D eigenvalue weighted by atomic mass is 10.1. The Kier molecular flexibility index (Phi) is 9.19. The zero-order chi connectivity index (χ0) is 13.1. The number of hydrogen-bond acceptors (Lipinski definition) is 2.